The molecule has 0 atom stereocenters. The quantitative estimate of drug-likeness (QED) is 0.680. The molecule has 0 saturated heterocycles. The number of nitrogens with one attached hydrogen (secondary N) is 2. The van der Waals surface area contributed by atoms with E-state index in [1.54, 1.807) is 18.2 Å². The third-order valence-corrected chi connectivity index (χ3v) is 3.63. The predicted molar refractivity (Wildman–Crippen MR) is 98.7 cm³/mol. The number of rotatable bonds is 8. The number of benzene rings is 2. The minimum absolute atomic E-state index is 0.220. The van der Waals surface area contributed by atoms with Gasteiger partial charge >= 0.3 is 5.97 Å². The topological polar surface area (TPSA) is 108 Å². The van der Waals surface area contributed by atoms with Gasteiger partial charge in [0.05, 0.1) is 11.6 Å². The molecule has 2 amide bonds. The Morgan fingerprint density at radius 3 is 2.32 bits per heavy atom. The first-order valence-corrected chi connectivity index (χ1v) is 8.43. The fourth-order valence-electron chi connectivity index (χ4n) is 2.23. The smallest absolute Gasteiger partial charge is 0.338 e. The van der Waals surface area contributed by atoms with Crippen molar-refractivity contribution in [1.82, 2.24) is 5.32 Å². The van der Waals surface area contributed by atoms with Crippen molar-refractivity contribution in [2.24, 2.45) is 0 Å². The highest BCUT2D eigenvalue weighted by Crippen LogP contribution is 2.11. The summed E-state index contributed by atoms with van der Waals surface area (Å²) in [5.41, 5.74) is 1.54. The molecule has 0 bridgehead atoms. The van der Waals surface area contributed by atoms with E-state index in [4.69, 9.17) is 10.00 Å². The highest BCUT2D eigenvalue weighted by Gasteiger charge is 2.10. The number of ether oxygens (including phenoxy) is 1. The largest absolute Gasteiger partial charge is 0.452 e. The van der Waals surface area contributed by atoms with Crippen LogP contribution in [0.15, 0.2) is 48.5 Å². The summed E-state index contributed by atoms with van der Waals surface area (Å²) < 4.78 is 17.8. The summed E-state index contributed by atoms with van der Waals surface area (Å²) in [6.45, 7) is -0.0952. The Labute approximate surface area is 161 Å². The molecule has 0 fully saturated rings. The lowest BCUT2D eigenvalue weighted by molar-refractivity contribution is -0.124. The summed E-state index contributed by atoms with van der Waals surface area (Å²) in [6.07, 6.45) is 0.263. The minimum atomic E-state index is -0.677. The number of nitrogens with zero attached hydrogens (tertiary/aromatic N) is 1. The molecule has 0 radical (unpaired) electrons. The van der Waals surface area contributed by atoms with Crippen LogP contribution in [0.25, 0.3) is 0 Å². The van der Waals surface area contributed by atoms with Gasteiger partial charge in [-0.2, -0.15) is 5.26 Å². The van der Waals surface area contributed by atoms with Gasteiger partial charge < -0.3 is 15.4 Å². The zero-order valence-electron chi connectivity index (χ0n) is 14.9. The number of nitriles is 1. The summed E-state index contributed by atoms with van der Waals surface area (Å²) in [6, 6.07) is 13.6. The van der Waals surface area contributed by atoms with E-state index in [0.29, 0.717) is 18.7 Å². The minimum Gasteiger partial charge on any atom is -0.452 e. The molecular formula is C20H18FN3O4. The van der Waals surface area contributed by atoms with Gasteiger partial charge in [0.25, 0.3) is 5.91 Å². The predicted octanol–water partition coefficient (Wildman–Crippen LogP) is 2.19. The molecule has 0 saturated carbocycles. The standard InChI is InChI=1S/C20H18FN3O4/c21-16-5-1-14(2-6-16)10-12-23-19(26)13-28-20(27)15-3-7-17(8-4-15)24-18(25)9-11-22/h1-8H,9-10,12-13H2,(H,23,26)(H,24,25). The molecule has 0 spiro atoms. The highest BCUT2D eigenvalue weighted by molar-refractivity contribution is 5.94. The SMILES string of the molecule is N#CCC(=O)Nc1ccc(C(=O)OCC(=O)NCCc2ccc(F)cc2)cc1. The van der Waals surface area contributed by atoms with Gasteiger partial charge in [-0.15, -0.1) is 0 Å². The van der Waals surface area contributed by atoms with Crippen molar-refractivity contribution in [3.8, 4) is 6.07 Å². The molecule has 8 heteroatoms. The van der Waals surface area contributed by atoms with Crippen LogP contribution in [-0.2, 0) is 20.7 Å². The fraction of sp³-hybridized carbons (Fsp3) is 0.200. The number of carbonyl (C=O) groups excluding carboxylic acids is 3. The summed E-state index contributed by atoms with van der Waals surface area (Å²) in [7, 11) is 0. The molecular weight excluding hydrogens is 365 g/mol. The average molecular weight is 383 g/mol. The normalized spacial score (nSPS) is 9.86. The van der Waals surface area contributed by atoms with Crippen LogP contribution in [-0.4, -0.2) is 30.9 Å². The third kappa shape index (κ3) is 6.88. The van der Waals surface area contributed by atoms with Gasteiger partial charge in [0.15, 0.2) is 6.61 Å². The first kappa shape index (κ1) is 20.6. The zero-order chi connectivity index (χ0) is 20.4. The molecule has 0 heterocycles. The first-order chi connectivity index (χ1) is 13.5. The van der Waals surface area contributed by atoms with Crippen molar-refractivity contribution in [1.29, 1.82) is 5.26 Å². The lowest BCUT2D eigenvalue weighted by atomic mass is 10.1. The van der Waals surface area contributed by atoms with E-state index in [-0.39, 0.29) is 17.8 Å². The van der Waals surface area contributed by atoms with Crippen LogP contribution in [0.4, 0.5) is 10.1 Å². The molecule has 2 aromatic carbocycles. The Bertz CT molecular complexity index is 874. The zero-order valence-corrected chi connectivity index (χ0v) is 14.9. The Kier molecular flexibility index (Phi) is 7.66. The van der Waals surface area contributed by atoms with Crippen molar-refractivity contribution < 1.29 is 23.5 Å². The molecule has 2 rings (SSSR count). The van der Waals surface area contributed by atoms with Crippen LogP contribution in [0.2, 0.25) is 0 Å². The second-order valence-corrected chi connectivity index (χ2v) is 5.76. The monoisotopic (exact) mass is 383 g/mol. The molecule has 0 aliphatic rings. The number of halogens is 1. The first-order valence-electron chi connectivity index (χ1n) is 8.43. The van der Waals surface area contributed by atoms with Gasteiger partial charge in [0.2, 0.25) is 5.91 Å². The van der Waals surface area contributed by atoms with E-state index in [0.717, 1.165) is 5.56 Å². The fourth-order valence-corrected chi connectivity index (χ4v) is 2.23. The number of amides is 2. The van der Waals surface area contributed by atoms with Crippen LogP contribution in [0.3, 0.4) is 0 Å². The van der Waals surface area contributed by atoms with Crippen LogP contribution < -0.4 is 10.6 Å². The Morgan fingerprint density at radius 2 is 1.68 bits per heavy atom. The average Bonchev–Trinajstić information content (AvgIpc) is 2.68. The maximum absolute atomic E-state index is 12.8. The van der Waals surface area contributed by atoms with Gasteiger partial charge in [-0.25, -0.2) is 9.18 Å². The Hall–Kier alpha value is -3.73. The van der Waals surface area contributed by atoms with Crippen LogP contribution in [0, 0.1) is 17.1 Å². The van der Waals surface area contributed by atoms with E-state index in [9.17, 15) is 18.8 Å². The molecule has 7 nitrogen and oxygen atoms in total. The summed E-state index contributed by atoms with van der Waals surface area (Å²) in [4.78, 5) is 35.0. The maximum Gasteiger partial charge on any atom is 0.338 e. The van der Waals surface area contributed by atoms with Crippen LogP contribution in [0.1, 0.15) is 22.3 Å². The van der Waals surface area contributed by atoms with Gasteiger partial charge in [-0.1, -0.05) is 12.1 Å². The number of esters is 1. The second-order valence-electron chi connectivity index (χ2n) is 5.76. The summed E-state index contributed by atoms with van der Waals surface area (Å²) in [5, 5.41) is 13.6. The van der Waals surface area contributed by atoms with Crippen molar-refractivity contribution in [3.05, 3.63) is 65.5 Å². The van der Waals surface area contributed by atoms with E-state index < -0.39 is 24.4 Å². The molecule has 0 unspecified atom stereocenters. The van der Waals surface area contributed by atoms with Gasteiger partial charge in [0, 0.05) is 12.2 Å². The van der Waals surface area contributed by atoms with Gasteiger partial charge in [-0.3, -0.25) is 9.59 Å². The van der Waals surface area contributed by atoms with Crippen molar-refractivity contribution in [2.45, 2.75) is 12.8 Å². The van der Waals surface area contributed by atoms with E-state index in [1.807, 2.05) is 0 Å². The number of hydrogen-bond donors (Lipinski definition) is 2. The molecule has 144 valence electrons. The van der Waals surface area contributed by atoms with E-state index >= 15 is 0 Å². The molecule has 2 aromatic rings. The van der Waals surface area contributed by atoms with Gasteiger partial charge in [0.1, 0.15) is 12.2 Å². The van der Waals surface area contributed by atoms with Crippen LogP contribution >= 0.6 is 0 Å². The van der Waals surface area contributed by atoms with Crippen molar-refractivity contribution >= 4 is 23.5 Å². The summed E-state index contributed by atoms with van der Waals surface area (Å²) >= 11 is 0. The third-order valence-electron chi connectivity index (χ3n) is 3.63. The van der Waals surface area contributed by atoms with Gasteiger partial charge in [-0.05, 0) is 48.4 Å². The molecule has 2 N–H and O–H groups in total. The van der Waals surface area contributed by atoms with Crippen LogP contribution in [0.5, 0.6) is 0 Å². The van der Waals surface area contributed by atoms with Crippen molar-refractivity contribution in [3.63, 3.8) is 0 Å². The molecule has 0 aromatic heterocycles. The number of anilines is 1. The molecule has 0 aliphatic heterocycles. The molecule has 0 aliphatic carbocycles. The molecule has 28 heavy (non-hydrogen) atoms. The second kappa shape index (κ2) is 10.4. The van der Waals surface area contributed by atoms with Crippen molar-refractivity contribution in [2.75, 3.05) is 18.5 Å². The summed E-state index contributed by atoms with van der Waals surface area (Å²) in [5.74, 6) is -1.90. The number of carbonyl (C=O) groups is 3. The van der Waals surface area contributed by atoms with E-state index in [2.05, 4.69) is 10.6 Å². The highest BCUT2D eigenvalue weighted by atomic mass is 19.1. The Morgan fingerprint density at radius 1 is 1.00 bits per heavy atom. The number of hydrogen-bond acceptors (Lipinski definition) is 5. The lowest BCUT2D eigenvalue weighted by Gasteiger charge is -2.08. The maximum atomic E-state index is 12.8. The van der Waals surface area contributed by atoms with E-state index in [1.165, 1.54) is 36.4 Å². The lowest BCUT2D eigenvalue weighted by Crippen LogP contribution is -2.30. The Balaban J connectivity index is 1.72.